The summed E-state index contributed by atoms with van der Waals surface area (Å²) in [5, 5.41) is 0. The van der Waals surface area contributed by atoms with E-state index in [-0.39, 0.29) is 6.42 Å². The summed E-state index contributed by atoms with van der Waals surface area (Å²) in [6.07, 6.45) is -1.68. The highest BCUT2D eigenvalue weighted by Gasteiger charge is 2.20. The molecule has 3 nitrogen and oxygen atoms in total. The average molecular weight is 286 g/mol. The minimum Gasteiger partial charge on any atom is -0.370 e. The van der Waals surface area contributed by atoms with Crippen molar-refractivity contribution in [3.05, 3.63) is 71.8 Å². The van der Waals surface area contributed by atoms with E-state index in [2.05, 4.69) is 0 Å². The third-order valence-electron chi connectivity index (χ3n) is 3.22. The Hall–Kier alpha value is -2.20. The molecule has 0 aliphatic heterocycles. The molecule has 21 heavy (non-hydrogen) atoms. The fourth-order valence-electron chi connectivity index (χ4n) is 2.18. The Kier molecular flexibility index (Phi) is 5.46. The molecule has 0 aliphatic rings. The topological polar surface area (TPSA) is 46.3 Å². The lowest BCUT2D eigenvalue weighted by Gasteiger charge is -2.25. The molecule has 4 heteroatoms. The summed E-state index contributed by atoms with van der Waals surface area (Å²) >= 11 is 0. The summed E-state index contributed by atoms with van der Waals surface area (Å²) < 4.78 is 14.3. The fourth-order valence-corrected chi connectivity index (χ4v) is 2.18. The molecule has 2 N–H and O–H groups in total. The van der Waals surface area contributed by atoms with Gasteiger partial charge in [-0.3, -0.25) is 9.69 Å². The Bertz CT molecular complexity index is 518. The molecule has 0 spiro atoms. The Labute approximate surface area is 124 Å². The van der Waals surface area contributed by atoms with Gasteiger partial charge in [0.25, 0.3) is 0 Å². The van der Waals surface area contributed by atoms with Crippen LogP contribution >= 0.6 is 0 Å². The molecule has 1 atom stereocenters. The molecule has 2 aromatic carbocycles. The second-order valence-electron chi connectivity index (χ2n) is 4.98. The minimum atomic E-state index is -1.39. The highest BCUT2D eigenvalue weighted by atomic mass is 19.1. The van der Waals surface area contributed by atoms with Crippen LogP contribution in [0.2, 0.25) is 0 Å². The minimum absolute atomic E-state index is 0.292. The third kappa shape index (κ3) is 5.00. The first-order valence-electron chi connectivity index (χ1n) is 6.89. The molecule has 0 bridgehead atoms. The number of nitrogens with two attached hydrogens (primary N) is 1. The molecule has 0 aliphatic carbocycles. The highest BCUT2D eigenvalue weighted by molar-refractivity contribution is 5.74. The van der Waals surface area contributed by atoms with Crippen LogP contribution in [0.5, 0.6) is 0 Å². The molecule has 1 unspecified atom stereocenters. The lowest BCUT2D eigenvalue weighted by molar-refractivity contribution is -0.121. The largest absolute Gasteiger partial charge is 0.370 e. The van der Waals surface area contributed by atoms with E-state index in [4.69, 9.17) is 5.73 Å². The van der Waals surface area contributed by atoms with Gasteiger partial charge in [-0.2, -0.15) is 0 Å². The van der Waals surface area contributed by atoms with Crippen molar-refractivity contribution in [1.29, 1.82) is 0 Å². The predicted molar refractivity (Wildman–Crippen MR) is 80.8 cm³/mol. The molecular weight excluding hydrogens is 267 g/mol. The number of hydrogen-bond acceptors (Lipinski definition) is 2. The Morgan fingerprint density at radius 2 is 1.38 bits per heavy atom. The van der Waals surface area contributed by atoms with Crippen LogP contribution in [0.4, 0.5) is 4.39 Å². The highest BCUT2D eigenvalue weighted by Crippen LogP contribution is 2.16. The van der Waals surface area contributed by atoms with Crippen molar-refractivity contribution >= 4 is 5.91 Å². The third-order valence-corrected chi connectivity index (χ3v) is 3.22. The number of halogens is 1. The normalized spacial score (nSPS) is 12.3. The van der Waals surface area contributed by atoms with Gasteiger partial charge in [0.15, 0.2) is 6.30 Å². The van der Waals surface area contributed by atoms with Crippen LogP contribution < -0.4 is 5.73 Å². The number of nitrogens with zero attached hydrogens (tertiary/aromatic N) is 1. The molecule has 0 radical (unpaired) electrons. The average Bonchev–Trinajstić information content (AvgIpc) is 2.48. The van der Waals surface area contributed by atoms with Gasteiger partial charge in [0, 0.05) is 13.1 Å². The quantitative estimate of drug-likeness (QED) is 0.796. The van der Waals surface area contributed by atoms with Gasteiger partial charge in [-0.25, -0.2) is 4.39 Å². The molecule has 0 heterocycles. The maximum absolute atomic E-state index is 14.3. The van der Waals surface area contributed by atoms with Crippen molar-refractivity contribution in [3.8, 4) is 0 Å². The molecule has 110 valence electrons. The Morgan fingerprint density at radius 3 is 1.76 bits per heavy atom. The summed E-state index contributed by atoms with van der Waals surface area (Å²) in [7, 11) is 0. The lowest BCUT2D eigenvalue weighted by Crippen LogP contribution is -2.34. The number of carbonyl (C=O) groups excluding carboxylic acids is 1. The van der Waals surface area contributed by atoms with E-state index in [1.54, 1.807) is 4.90 Å². The van der Waals surface area contributed by atoms with Gasteiger partial charge >= 0.3 is 0 Å². The van der Waals surface area contributed by atoms with E-state index in [1.165, 1.54) is 0 Å². The summed E-state index contributed by atoms with van der Waals surface area (Å²) in [6.45, 7) is 0.869. The van der Waals surface area contributed by atoms with Gasteiger partial charge in [-0.05, 0) is 11.1 Å². The lowest BCUT2D eigenvalue weighted by atomic mass is 10.1. The maximum atomic E-state index is 14.3. The number of amides is 1. The van der Waals surface area contributed by atoms with Gasteiger partial charge in [0.05, 0.1) is 6.42 Å². The van der Waals surface area contributed by atoms with Gasteiger partial charge < -0.3 is 5.73 Å². The van der Waals surface area contributed by atoms with E-state index < -0.39 is 12.2 Å². The first-order chi connectivity index (χ1) is 10.1. The Morgan fingerprint density at radius 1 is 0.952 bits per heavy atom. The predicted octanol–water partition coefficient (Wildman–Crippen LogP) is 2.86. The smallest absolute Gasteiger partial charge is 0.221 e. The van der Waals surface area contributed by atoms with Crippen molar-refractivity contribution in [2.24, 2.45) is 5.73 Å². The molecule has 1 amide bonds. The number of hydrogen-bond donors (Lipinski definition) is 1. The standard InChI is InChI=1S/C17H19FN2O/c18-16(11-17(19)21)20(12-14-7-3-1-4-8-14)13-15-9-5-2-6-10-15/h1-10,16H,11-13H2,(H2,19,21). The molecule has 2 aromatic rings. The summed E-state index contributed by atoms with van der Waals surface area (Å²) in [5.74, 6) is -0.631. The second kappa shape index (κ2) is 7.55. The van der Waals surface area contributed by atoms with E-state index in [0.717, 1.165) is 11.1 Å². The molecule has 2 rings (SSSR count). The van der Waals surface area contributed by atoms with E-state index in [0.29, 0.717) is 13.1 Å². The van der Waals surface area contributed by atoms with Crippen molar-refractivity contribution in [2.75, 3.05) is 0 Å². The van der Waals surface area contributed by atoms with Gasteiger partial charge in [-0.15, -0.1) is 0 Å². The molecular formula is C17H19FN2O. The molecule has 0 fully saturated rings. The van der Waals surface area contributed by atoms with Crippen molar-refractivity contribution in [3.63, 3.8) is 0 Å². The van der Waals surface area contributed by atoms with Gasteiger partial charge in [0.1, 0.15) is 0 Å². The zero-order chi connectivity index (χ0) is 15.1. The van der Waals surface area contributed by atoms with Crippen LogP contribution in [0.1, 0.15) is 17.5 Å². The van der Waals surface area contributed by atoms with E-state index >= 15 is 0 Å². The molecule has 0 aromatic heterocycles. The van der Waals surface area contributed by atoms with Crippen molar-refractivity contribution < 1.29 is 9.18 Å². The van der Waals surface area contributed by atoms with Gasteiger partial charge in [-0.1, -0.05) is 60.7 Å². The summed E-state index contributed by atoms with van der Waals surface area (Å²) in [4.78, 5) is 12.6. The number of rotatable bonds is 7. The zero-order valence-corrected chi connectivity index (χ0v) is 11.8. The van der Waals surface area contributed by atoms with Crippen molar-refractivity contribution in [2.45, 2.75) is 25.8 Å². The fraction of sp³-hybridized carbons (Fsp3) is 0.235. The van der Waals surface area contributed by atoms with Crippen molar-refractivity contribution in [1.82, 2.24) is 4.90 Å². The van der Waals surface area contributed by atoms with Crippen LogP contribution in [-0.2, 0) is 17.9 Å². The van der Waals surface area contributed by atoms with Crippen LogP contribution in [-0.4, -0.2) is 17.1 Å². The first-order valence-corrected chi connectivity index (χ1v) is 6.89. The van der Waals surface area contributed by atoms with Crippen LogP contribution in [0.25, 0.3) is 0 Å². The summed E-state index contributed by atoms with van der Waals surface area (Å²) in [5.41, 5.74) is 7.11. The summed E-state index contributed by atoms with van der Waals surface area (Å²) in [6, 6.07) is 19.3. The molecule has 0 saturated heterocycles. The second-order valence-corrected chi connectivity index (χ2v) is 4.98. The number of carbonyl (C=O) groups is 1. The van der Waals surface area contributed by atoms with E-state index in [1.807, 2.05) is 60.7 Å². The monoisotopic (exact) mass is 286 g/mol. The first kappa shape index (κ1) is 15.2. The number of benzene rings is 2. The molecule has 0 saturated carbocycles. The number of alkyl halides is 1. The van der Waals surface area contributed by atoms with Gasteiger partial charge in [0.2, 0.25) is 5.91 Å². The Balaban J connectivity index is 2.11. The zero-order valence-electron chi connectivity index (χ0n) is 11.8. The number of primary amides is 1. The van der Waals surface area contributed by atoms with E-state index in [9.17, 15) is 9.18 Å². The van der Waals surface area contributed by atoms with Crippen LogP contribution in [0.3, 0.4) is 0 Å². The van der Waals surface area contributed by atoms with Crippen LogP contribution in [0, 0.1) is 0 Å². The maximum Gasteiger partial charge on any atom is 0.221 e. The van der Waals surface area contributed by atoms with Crippen LogP contribution in [0.15, 0.2) is 60.7 Å². The SMILES string of the molecule is NC(=O)CC(F)N(Cc1ccccc1)Cc1ccccc1.